The van der Waals surface area contributed by atoms with Gasteiger partial charge >= 0.3 is 0 Å². The summed E-state index contributed by atoms with van der Waals surface area (Å²) in [6.07, 6.45) is 2.93. The van der Waals surface area contributed by atoms with E-state index >= 15 is 0 Å². The SMILES string of the molecule is O=S(=O)(Cl)CC12CC(Br)(C1)C2. The van der Waals surface area contributed by atoms with Gasteiger partial charge in [-0.05, 0) is 24.7 Å². The van der Waals surface area contributed by atoms with Gasteiger partial charge in [-0.2, -0.15) is 0 Å². The smallest absolute Gasteiger partial charge is 0.212 e. The highest BCUT2D eigenvalue weighted by molar-refractivity contribution is 9.10. The summed E-state index contributed by atoms with van der Waals surface area (Å²) < 4.78 is 21.7. The Morgan fingerprint density at radius 3 is 2.09 bits per heavy atom. The molecule has 0 heterocycles. The molecule has 0 amide bonds. The molecule has 3 fully saturated rings. The van der Waals surface area contributed by atoms with E-state index in [9.17, 15) is 8.42 Å². The Morgan fingerprint density at radius 2 is 1.82 bits per heavy atom. The molecule has 11 heavy (non-hydrogen) atoms. The van der Waals surface area contributed by atoms with Gasteiger partial charge in [-0.15, -0.1) is 0 Å². The minimum absolute atomic E-state index is 0.0457. The second kappa shape index (κ2) is 1.96. The van der Waals surface area contributed by atoms with Crippen LogP contribution in [0.15, 0.2) is 0 Å². The minimum atomic E-state index is -3.28. The average Bonchev–Trinajstić information content (AvgIpc) is 1.53. The van der Waals surface area contributed by atoms with Crippen LogP contribution in [-0.2, 0) is 9.05 Å². The molecule has 5 heteroatoms. The van der Waals surface area contributed by atoms with Gasteiger partial charge < -0.3 is 0 Å². The Balaban J connectivity index is 2.02. The molecule has 2 bridgehead atoms. The molecule has 0 atom stereocenters. The van der Waals surface area contributed by atoms with Gasteiger partial charge in [0.1, 0.15) is 0 Å². The topological polar surface area (TPSA) is 34.1 Å². The monoisotopic (exact) mass is 258 g/mol. The van der Waals surface area contributed by atoms with Crippen molar-refractivity contribution in [1.82, 2.24) is 0 Å². The van der Waals surface area contributed by atoms with Crippen molar-refractivity contribution in [3.8, 4) is 0 Å². The van der Waals surface area contributed by atoms with E-state index < -0.39 is 9.05 Å². The Bertz CT molecular complexity index is 278. The second-order valence-corrected chi connectivity index (χ2v) is 8.32. The third kappa shape index (κ3) is 1.33. The number of halogens is 2. The van der Waals surface area contributed by atoms with Gasteiger partial charge in [-0.3, -0.25) is 0 Å². The lowest BCUT2D eigenvalue weighted by atomic mass is 9.45. The van der Waals surface area contributed by atoms with Gasteiger partial charge in [0.2, 0.25) is 9.05 Å². The summed E-state index contributed by atoms with van der Waals surface area (Å²) in [5.41, 5.74) is 0.0457. The van der Waals surface area contributed by atoms with E-state index in [1.165, 1.54) is 0 Å². The number of rotatable bonds is 2. The second-order valence-electron chi connectivity index (χ2n) is 3.86. The molecule has 0 N–H and O–H groups in total. The van der Waals surface area contributed by atoms with Gasteiger partial charge in [-0.25, -0.2) is 8.42 Å². The van der Waals surface area contributed by atoms with E-state index in [1.54, 1.807) is 0 Å². The first-order chi connectivity index (χ1) is 4.83. The maximum Gasteiger partial charge on any atom is 0.233 e. The van der Waals surface area contributed by atoms with Crippen molar-refractivity contribution < 1.29 is 8.42 Å². The fourth-order valence-electron chi connectivity index (χ4n) is 2.38. The summed E-state index contributed by atoms with van der Waals surface area (Å²) >= 11 is 3.54. The Labute approximate surface area is 78.9 Å². The third-order valence-electron chi connectivity index (χ3n) is 2.55. The Kier molecular flexibility index (Phi) is 1.48. The molecule has 0 unspecified atom stereocenters. The zero-order chi connectivity index (χ0) is 8.33. The highest BCUT2D eigenvalue weighted by Gasteiger charge is 2.67. The molecule has 0 aromatic heterocycles. The lowest BCUT2D eigenvalue weighted by molar-refractivity contribution is -0.0467. The molecule has 0 saturated heterocycles. The van der Waals surface area contributed by atoms with Gasteiger partial charge in [0, 0.05) is 15.0 Å². The summed E-state index contributed by atoms with van der Waals surface area (Å²) in [6, 6.07) is 0. The van der Waals surface area contributed by atoms with Crippen LogP contribution in [0.5, 0.6) is 0 Å². The Hall–Kier alpha value is 0.720. The summed E-state index contributed by atoms with van der Waals surface area (Å²) in [5, 5.41) is 0. The standard InChI is InChI=1S/C6H8BrClO2S/c7-6-1-5(2-6,3-6)4-11(8,9)10/h1-4H2. The van der Waals surface area contributed by atoms with Crippen molar-refractivity contribution in [2.24, 2.45) is 5.41 Å². The van der Waals surface area contributed by atoms with Crippen LogP contribution in [0.4, 0.5) is 0 Å². The lowest BCUT2D eigenvalue weighted by Gasteiger charge is -2.67. The van der Waals surface area contributed by atoms with Crippen molar-refractivity contribution in [2.45, 2.75) is 23.6 Å². The number of alkyl halides is 1. The largest absolute Gasteiger partial charge is 0.233 e. The molecular weight excluding hydrogens is 251 g/mol. The molecule has 3 saturated carbocycles. The molecule has 2 nitrogen and oxygen atoms in total. The minimum Gasteiger partial charge on any atom is -0.212 e. The quantitative estimate of drug-likeness (QED) is 0.560. The maximum atomic E-state index is 10.7. The third-order valence-corrected chi connectivity index (χ3v) is 4.68. The maximum absolute atomic E-state index is 10.7. The van der Waals surface area contributed by atoms with Crippen LogP contribution in [-0.4, -0.2) is 18.5 Å². The van der Waals surface area contributed by atoms with E-state index in [2.05, 4.69) is 15.9 Å². The predicted octanol–water partition coefficient (Wildman–Crippen LogP) is 1.87. The first-order valence-corrected chi connectivity index (χ1v) is 6.71. The summed E-state index contributed by atoms with van der Waals surface area (Å²) in [6.45, 7) is 0. The number of hydrogen-bond donors (Lipinski definition) is 0. The summed E-state index contributed by atoms with van der Waals surface area (Å²) in [7, 11) is 1.88. The van der Waals surface area contributed by atoms with Crippen LogP contribution in [0.3, 0.4) is 0 Å². The normalized spacial score (nSPS) is 47.8. The lowest BCUT2D eigenvalue weighted by Crippen LogP contribution is -2.65. The van der Waals surface area contributed by atoms with Crippen molar-refractivity contribution >= 4 is 35.7 Å². The van der Waals surface area contributed by atoms with E-state index in [0.717, 1.165) is 19.3 Å². The highest BCUT2D eigenvalue weighted by Crippen LogP contribution is 2.72. The van der Waals surface area contributed by atoms with E-state index in [4.69, 9.17) is 10.7 Å². The van der Waals surface area contributed by atoms with Crippen LogP contribution in [0.2, 0.25) is 0 Å². The fraction of sp³-hybridized carbons (Fsp3) is 1.00. The zero-order valence-corrected chi connectivity index (χ0v) is 8.97. The first kappa shape index (κ1) is 8.32. The molecule has 3 rings (SSSR count). The summed E-state index contributed by atoms with van der Waals surface area (Å²) in [4.78, 5) is 0. The van der Waals surface area contributed by atoms with Crippen molar-refractivity contribution in [3.05, 3.63) is 0 Å². The van der Waals surface area contributed by atoms with Crippen molar-refractivity contribution in [2.75, 3.05) is 5.75 Å². The van der Waals surface area contributed by atoms with E-state index in [-0.39, 0.29) is 15.5 Å². The number of hydrogen-bond acceptors (Lipinski definition) is 2. The molecule has 3 aliphatic rings. The van der Waals surface area contributed by atoms with Crippen LogP contribution < -0.4 is 0 Å². The van der Waals surface area contributed by atoms with Gasteiger partial charge in [0.15, 0.2) is 0 Å². The molecule has 0 aromatic rings. The molecule has 0 spiro atoms. The van der Waals surface area contributed by atoms with E-state index in [1.807, 2.05) is 0 Å². The summed E-state index contributed by atoms with van der Waals surface area (Å²) in [5.74, 6) is 0.162. The van der Waals surface area contributed by atoms with Gasteiger partial charge in [0.25, 0.3) is 0 Å². The molecular formula is C6H8BrClO2S. The average molecular weight is 260 g/mol. The van der Waals surface area contributed by atoms with Gasteiger partial charge in [-0.1, -0.05) is 15.9 Å². The van der Waals surface area contributed by atoms with Gasteiger partial charge in [0.05, 0.1) is 5.75 Å². The van der Waals surface area contributed by atoms with E-state index in [0.29, 0.717) is 0 Å². The van der Waals surface area contributed by atoms with Crippen molar-refractivity contribution in [1.29, 1.82) is 0 Å². The Morgan fingerprint density at radius 1 is 1.36 bits per heavy atom. The van der Waals surface area contributed by atoms with Crippen LogP contribution in [0, 0.1) is 5.41 Å². The fourth-order valence-corrected chi connectivity index (χ4v) is 5.90. The molecule has 3 aliphatic carbocycles. The molecule has 64 valence electrons. The molecule has 0 aliphatic heterocycles. The highest BCUT2D eigenvalue weighted by atomic mass is 79.9. The molecule has 0 aromatic carbocycles. The van der Waals surface area contributed by atoms with Crippen LogP contribution >= 0.6 is 26.6 Å². The predicted molar refractivity (Wildman–Crippen MR) is 47.6 cm³/mol. The zero-order valence-electron chi connectivity index (χ0n) is 5.81. The first-order valence-electron chi connectivity index (χ1n) is 3.44. The molecule has 0 radical (unpaired) electrons. The van der Waals surface area contributed by atoms with Crippen LogP contribution in [0.1, 0.15) is 19.3 Å². The van der Waals surface area contributed by atoms with Crippen LogP contribution in [0.25, 0.3) is 0 Å². The van der Waals surface area contributed by atoms with Crippen molar-refractivity contribution in [3.63, 3.8) is 0 Å².